The standard InChI is InChI=1S/C14H20N2O/c1-2-5-12(10-15)14(17)16-9-8-11-6-3-4-7-13(11)16/h3-4,6-7,12H,2,5,8-10,15H2,1H3. The zero-order valence-electron chi connectivity index (χ0n) is 10.4. The average Bonchev–Trinajstić information content (AvgIpc) is 2.79. The van der Waals surface area contributed by atoms with Gasteiger partial charge in [-0.25, -0.2) is 0 Å². The van der Waals surface area contributed by atoms with Gasteiger partial charge in [-0.15, -0.1) is 0 Å². The van der Waals surface area contributed by atoms with E-state index in [9.17, 15) is 4.79 Å². The van der Waals surface area contributed by atoms with Gasteiger partial charge < -0.3 is 10.6 Å². The van der Waals surface area contributed by atoms with E-state index in [-0.39, 0.29) is 11.8 Å². The number of para-hydroxylation sites is 1. The molecule has 92 valence electrons. The van der Waals surface area contributed by atoms with Gasteiger partial charge in [0.2, 0.25) is 5.91 Å². The number of carbonyl (C=O) groups excluding carboxylic acids is 1. The van der Waals surface area contributed by atoms with Crippen LogP contribution in [0.3, 0.4) is 0 Å². The topological polar surface area (TPSA) is 46.3 Å². The Hall–Kier alpha value is -1.35. The number of carbonyl (C=O) groups is 1. The van der Waals surface area contributed by atoms with E-state index in [2.05, 4.69) is 13.0 Å². The van der Waals surface area contributed by atoms with Crippen LogP contribution in [-0.4, -0.2) is 19.0 Å². The second kappa shape index (κ2) is 5.32. The van der Waals surface area contributed by atoms with Crippen molar-refractivity contribution in [3.8, 4) is 0 Å². The fraction of sp³-hybridized carbons (Fsp3) is 0.500. The second-order valence-corrected chi connectivity index (χ2v) is 4.59. The summed E-state index contributed by atoms with van der Waals surface area (Å²) in [6.45, 7) is 3.34. The molecule has 0 saturated heterocycles. The lowest BCUT2D eigenvalue weighted by molar-refractivity contribution is -0.122. The van der Waals surface area contributed by atoms with Crippen LogP contribution >= 0.6 is 0 Å². The summed E-state index contributed by atoms with van der Waals surface area (Å²) in [5.74, 6) is 0.172. The molecule has 0 saturated carbocycles. The van der Waals surface area contributed by atoms with E-state index in [4.69, 9.17) is 5.73 Å². The molecule has 0 bridgehead atoms. The number of hydrogen-bond acceptors (Lipinski definition) is 2. The van der Waals surface area contributed by atoms with Gasteiger partial charge >= 0.3 is 0 Å². The number of benzene rings is 1. The number of anilines is 1. The molecule has 3 heteroatoms. The van der Waals surface area contributed by atoms with Crippen LogP contribution < -0.4 is 10.6 Å². The minimum absolute atomic E-state index is 0.0221. The van der Waals surface area contributed by atoms with Gasteiger partial charge in [0, 0.05) is 18.8 Å². The fourth-order valence-electron chi connectivity index (χ4n) is 2.48. The van der Waals surface area contributed by atoms with Gasteiger partial charge in [0.1, 0.15) is 0 Å². The molecule has 1 unspecified atom stereocenters. The summed E-state index contributed by atoms with van der Waals surface area (Å²) < 4.78 is 0. The molecule has 0 radical (unpaired) electrons. The summed E-state index contributed by atoms with van der Waals surface area (Å²) in [6.07, 6.45) is 2.85. The molecule has 0 aromatic heterocycles. The first-order valence-electron chi connectivity index (χ1n) is 6.37. The number of rotatable bonds is 4. The Kier molecular flexibility index (Phi) is 3.79. The summed E-state index contributed by atoms with van der Waals surface area (Å²) >= 11 is 0. The van der Waals surface area contributed by atoms with Gasteiger partial charge in [0.25, 0.3) is 0 Å². The molecule has 1 aromatic carbocycles. The summed E-state index contributed by atoms with van der Waals surface area (Å²) in [7, 11) is 0. The predicted molar refractivity (Wildman–Crippen MR) is 70.0 cm³/mol. The van der Waals surface area contributed by atoms with Crippen LogP contribution in [0.2, 0.25) is 0 Å². The Morgan fingerprint density at radius 3 is 2.94 bits per heavy atom. The first-order chi connectivity index (χ1) is 8.27. The Morgan fingerprint density at radius 1 is 1.47 bits per heavy atom. The van der Waals surface area contributed by atoms with E-state index in [0.29, 0.717) is 6.54 Å². The maximum atomic E-state index is 12.4. The average molecular weight is 232 g/mol. The molecule has 1 heterocycles. The van der Waals surface area contributed by atoms with Crippen molar-refractivity contribution in [2.75, 3.05) is 18.0 Å². The second-order valence-electron chi connectivity index (χ2n) is 4.59. The van der Waals surface area contributed by atoms with Gasteiger partial charge in [-0.2, -0.15) is 0 Å². The first kappa shape index (κ1) is 12.1. The monoisotopic (exact) mass is 232 g/mol. The molecular formula is C14H20N2O. The molecule has 2 N–H and O–H groups in total. The van der Waals surface area contributed by atoms with E-state index < -0.39 is 0 Å². The quantitative estimate of drug-likeness (QED) is 0.862. The third kappa shape index (κ3) is 2.34. The van der Waals surface area contributed by atoms with Crippen molar-refractivity contribution in [3.63, 3.8) is 0 Å². The summed E-state index contributed by atoms with van der Waals surface area (Å²) in [5, 5.41) is 0. The lowest BCUT2D eigenvalue weighted by atomic mass is 10.0. The van der Waals surface area contributed by atoms with Crippen LogP contribution in [0.1, 0.15) is 25.3 Å². The molecule has 1 amide bonds. The maximum absolute atomic E-state index is 12.4. The molecule has 2 rings (SSSR count). The Balaban J connectivity index is 2.16. The first-order valence-corrected chi connectivity index (χ1v) is 6.37. The van der Waals surface area contributed by atoms with Crippen LogP contribution in [0.4, 0.5) is 5.69 Å². The van der Waals surface area contributed by atoms with Crippen molar-refractivity contribution >= 4 is 11.6 Å². The zero-order valence-corrected chi connectivity index (χ0v) is 10.4. The highest BCUT2D eigenvalue weighted by molar-refractivity contribution is 5.97. The van der Waals surface area contributed by atoms with E-state index in [1.807, 2.05) is 23.1 Å². The summed E-state index contributed by atoms with van der Waals surface area (Å²) in [4.78, 5) is 14.3. The largest absolute Gasteiger partial charge is 0.330 e. The SMILES string of the molecule is CCCC(CN)C(=O)N1CCc2ccccc21. The summed E-state index contributed by atoms with van der Waals surface area (Å²) in [5.41, 5.74) is 8.05. The van der Waals surface area contributed by atoms with Crippen molar-refractivity contribution < 1.29 is 4.79 Å². The minimum Gasteiger partial charge on any atom is -0.330 e. The van der Waals surface area contributed by atoms with Crippen molar-refractivity contribution in [3.05, 3.63) is 29.8 Å². The van der Waals surface area contributed by atoms with Crippen molar-refractivity contribution in [2.45, 2.75) is 26.2 Å². The molecule has 3 nitrogen and oxygen atoms in total. The number of nitrogens with two attached hydrogens (primary N) is 1. The smallest absolute Gasteiger partial charge is 0.231 e. The van der Waals surface area contributed by atoms with Crippen LogP contribution in [0, 0.1) is 5.92 Å². The van der Waals surface area contributed by atoms with E-state index in [0.717, 1.165) is 31.5 Å². The molecule has 1 aliphatic heterocycles. The lowest BCUT2D eigenvalue weighted by Crippen LogP contribution is -2.38. The Bertz CT molecular complexity index is 403. The third-order valence-corrected chi connectivity index (χ3v) is 3.42. The van der Waals surface area contributed by atoms with Gasteiger partial charge in [-0.05, 0) is 24.5 Å². The van der Waals surface area contributed by atoms with Crippen molar-refractivity contribution in [1.82, 2.24) is 0 Å². The van der Waals surface area contributed by atoms with Crippen LogP contribution in [0.5, 0.6) is 0 Å². The molecule has 17 heavy (non-hydrogen) atoms. The van der Waals surface area contributed by atoms with E-state index in [1.165, 1.54) is 5.56 Å². The third-order valence-electron chi connectivity index (χ3n) is 3.42. The number of nitrogens with zero attached hydrogens (tertiary/aromatic N) is 1. The number of fused-ring (bicyclic) bond motifs is 1. The highest BCUT2D eigenvalue weighted by atomic mass is 16.2. The number of hydrogen-bond donors (Lipinski definition) is 1. The van der Waals surface area contributed by atoms with E-state index >= 15 is 0 Å². The normalized spacial score (nSPS) is 15.8. The molecule has 1 atom stereocenters. The number of amides is 1. The van der Waals surface area contributed by atoms with Crippen LogP contribution in [0.15, 0.2) is 24.3 Å². The Morgan fingerprint density at radius 2 is 2.24 bits per heavy atom. The van der Waals surface area contributed by atoms with E-state index in [1.54, 1.807) is 0 Å². The maximum Gasteiger partial charge on any atom is 0.231 e. The Labute approximate surface area is 103 Å². The lowest BCUT2D eigenvalue weighted by Gasteiger charge is -2.22. The minimum atomic E-state index is -0.0221. The molecule has 0 aliphatic carbocycles. The highest BCUT2D eigenvalue weighted by Crippen LogP contribution is 2.29. The molecule has 1 aromatic rings. The molecule has 0 spiro atoms. The summed E-state index contributed by atoms with van der Waals surface area (Å²) in [6, 6.07) is 8.14. The van der Waals surface area contributed by atoms with Gasteiger partial charge in [-0.1, -0.05) is 31.5 Å². The van der Waals surface area contributed by atoms with Gasteiger partial charge in [0.05, 0.1) is 5.92 Å². The molecule has 1 aliphatic rings. The molecular weight excluding hydrogens is 212 g/mol. The molecule has 0 fully saturated rings. The van der Waals surface area contributed by atoms with Crippen molar-refractivity contribution in [2.24, 2.45) is 11.7 Å². The van der Waals surface area contributed by atoms with Gasteiger partial charge in [-0.3, -0.25) is 4.79 Å². The van der Waals surface area contributed by atoms with Crippen LogP contribution in [0.25, 0.3) is 0 Å². The van der Waals surface area contributed by atoms with Crippen LogP contribution in [-0.2, 0) is 11.2 Å². The fourth-order valence-corrected chi connectivity index (χ4v) is 2.48. The van der Waals surface area contributed by atoms with Gasteiger partial charge in [0.15, 0.2) is 0 Å². The zero-order chi connectivity index (χ0) is 12.3. The highest BCUT2D eigenvalue weighted by Gasteiger charge is 2.28. The van der Waals surface area contributed by atoms with Crippen molar-refractivity contribution in [1.29, 1.82) is 0 Å². The predicted octanol–water partition coefficient (Wildman–Crippen LogP) is 1.95.